The molecule has 2 rings (SSSR count). The maximum absolute atomic E-state index is 13.4. The first-order chi connectivity index (χ1) is 8.92. The molecule has 0 unspecified atom stereocenters. The van der Waals surface area contributed by atoms with E-state index in [0.717, 1.165) is 6.07 Å². The molecule has 0 atom stereocenters. The van der Waals surface area contributed by atoms with Gasteiger partial charge < -0.3 is 10.5 Å². The smallest absolute Gasteiger partial charge is 0.291 e. The molecule has 0 aliphatic carbocycles. The summed E-state index contributed by atoms with van der Waals surface area (Å²) in [6.45, 7) is 0. The third kappa shape index (κ3) is 2.90. The number of nitrogens with one attached hydrogen (secondary N) is 1. The summed E-state index contributed by atoms with van der Waals surface area (Å²) in [5.41, 5.74) is 5.36. The second-order valence-electron chi connectivity index (χ2n) is 3.36. The van der Waals surface area contributed by atoms with Gasteiger partial charge in [0, 0.05) is 6.07 Å². The van der Waals surface area contributed by atoms with Crippen LogP contribution >= 0.6 is 11.3 Å². The van der Waals surface area contributed by atoms with E-state index in [9.17, 15) is 12.8 Å². The largest absolute Gasteiger partial charge is 0.494 e. The molecule has 0 aliphatic rings. The average Bonchev–Trinajstić information content (AvgIpc) is 2.76. The molecule has 0 radical (unpaired) electrons. The number of nitrogen functional groups attached to an aromatic ring is 1. The molecule has 0 fully saturated rings. The van der Waals surface area contributed by atoms with Crippen molar-refractivity contribution in [3.05, 3.63) is 24.0 Å². The number of aromatic nitrogens is 2. The lowest BCUT2D eigenvalue weighted by atomic mass is 10.3. The lowest BCUT2D eigenvalue weighted by Gasteiger charge is -2.07. The first-order valence-electron chi connectivity index (χ1n) is 4.88. The van der Waals surface area contributed by atoms with Gasteiger partial charge in [0.25, 0.3) is 14.4 Å². The normalized spacial score (nSPS) is 11.3. The Bertz CT molecular complexity index is 701. The Labute approximate surface area is 112 Å². The Balaban J connectivity index is 2.28. The van der Waals surface area contributed by atoms with Crippen molar-refractivity contribution in [1.82, 2.24) is 10.2 Å². The van der Waals surface area contributed by atoms with Crippen LogP contribution in [0.5, 0.6) is 5.75 Å². The molecular formula is C9H9FN4O3S2. The van der Waals surface area contributed by atoms with Crippen molar-refractivity contribution in [3.63, 3.8) is 0 Å². The summed E-state index contributed by atoms with van der Waals surface area (Å²) < 4.78 is 43.8. The summed E-state index contributed by atoms with van der Waals surface area (Å²) in [7, 11) is -2.61. The second-order valence-corrected chi connectivity index (χ2v) is 6.23. The predicted molar refractivity (Wildman–Crippen MR) is 68.1 cm³/mol. The minimum absolute atomic E-state index is 0.0168. The number of hydrogen-bond acceptors (Lipinski definition) is 7. The van der Waals surface area contributed by atoms with Gasteiger partial charge in [0.15, 0.2) is 11.6 Å². The Morgan fingerprint density at radius 2 is 2.16 bits per heavy atom. The standard InChI is InChI=1S/C9H9FN4O3S2/c1-17-7-3-2-5(4-6(7)10)14-19(15,16)9-13-12-8(11)18-9/h2-4,14H,1H3,(H2,11,12). The molecule has 10 heteroatoms. The highest BCUT2D eigenvalue weighted by Gasteiger charge is 2.20. The van der Waals surface area contributed by atoms with E-state index in [1.165, 1.54) is 19.2 Å². The van der Waals surface area contributed by atoms with E-state index in [1.807, 2.05) is 0 Å². The van der Waals surface area contributed by atoms with E-state index >= 15 is 0 Å². The van der Waals surface area contributed by atoms with Crippen molar-refractivity contribution in [1.29, 1.82) is 0 Å². The SMILES string of the molecule is COc1ccc(NS(=O)(=O)c2nnc(N)s2)cc1F. The lowest BCUT2D eigenvalue weighted by Crippen LogP contribution is -2.13. The first kappa shape index (κ1) is 13.5. The zero-order valence-corrected chi connectivity index (χ0v) is 11.3. The predicted octanol–water partition coefficient (Wildman–Crippen LogP) is 1.07. The topological polar surface area (TPSA) is 107 Å². The molecule has 7 nitrogen and oxygen atoms in total. The van der Waals surface area contributed by atoms with Gasteiger partial charge in [0.1, 0.15) is 0 Å². The van der Waals surface area contributed by atoms with E-state index in [0.29, 0.717) is 11.3 Å². The minimum Gasteiger partial charge on any atom is -0.494 e. The van der Waals surface area contributed by atoms with Crippen LogP contribution in [0.4, 0.5) is 15.2 Å². The third-order valence-corrected chi connectivity index (χ3v) is 4.56. The molecule has 0 saturated heterocycles. The van der Waals surface area contributed by atoms with Crippen LogP contribution in [0, 0.1) is 5.82 Å². The van der Waals surface area contributed by atoms with Crippen LogP contribution in [0.1, 0.15) is 0 Å². The average molecular weight is 304 g/mol. The third-order valence-electron chi connectivity index (χ3n) is 2.06. The number of rotatable bonds is 4. The number of halogens is 1. The molecule has 102 valence electrons. The van der Waals surface area contributed by atoms with Crippen LogP contribution in [0.3, 0.4) is 0 Å². The number of nitrogens with zero attached hydrogens (tertiary/aromatic N) is 2. The van der Waals surface area contributed by atoms with Gasteiger partial charge in [-0.25, -0.2) is 4.39 Å². The molecule has 1 heterocycles. The van der Waals surface area contributed by atoms with E-state index < -0.39 is 15.8 Å². The monoisotopic (exact) mass is 304 g/mol. The van der Waals surface area contributed by atoms with E-state index in [4.69, 9.17) is 10.5 Å². The molecule has 0 amide bonds. The van der Waals surface area contributed by atoms with E-state index in [1.54, 1.807) is 0 Å². The molecule has 19 heavy (non-hydrogen) atoms. The molecular weight excluding hydrogens is 295 g/mol. The summed E-state index contributed by atoms with van der Waals surface area (Å²) >= 11 is 0.712. The summed E-state index contributed by atoms with van der Waals surface area (Å²) in [4.78, 5) is 0. The van der Waals surface area contributed by atoms with Gasteiger partial charge in [-0.3, -0.25) is 4.72 Å². The van der Waals surface area contributed by atoms with Crippen LogP contribution in [-0.2, 0) is 10.0 Å². The minimum atomic E-state index is -3.92. The molecule has 0 aliphatic heterocycles. The van der Waals surface area contributed by atoms with Crippen molar-refractivity contribution in [2.24, 2.45) is 0 Å². The van der Waals surface area contributed by atoms with Gasteiger partial charge in [0.2, 0.25) is 5.13 Å². The molecule has 1 aromatic heterocycles. The van der Waals surface area contributed by atoms with E-state index in [-0.39, 0.29) is 20.9 Å². The number of benzene rings is 1. The van der Waals surface area contributed by atoms with Gasteiger partial charge in [0.05, 0.1) is 12.8 Å². The van der Waals surface area contributed by atoms with Crippen LogP contribution < -0.4 is 15.2 Å². The molecule has 2 aromatic rings. The van der Waals surface area contributed by atoms with Crippen molar-refractivity contribution >= 4 is 32.2 Å². The van der Waals surface area contributed by atoms with Gasteiger partial charge in [-0.15, -0.1) is 10.2 Å². The quantitative estimate of drug-likeness (QED) is 0.875. The molecule has 3 N–H and O–H groups in total. The zero-order chi connectivity index (χ0) is 14.0. The van der Waals surface area contributed by atoms with E-state index in [2.05, 4.69) is 14.9 Å². The molecule has 0 saturated carbocycles. The Morgan fingerprint density at radius 1 is 1.42 bits per heavy atom. The van der Waals surface area contributed by atoms with Gasteiger partial charge >= 0.3 is 0 Å². The van der Waals surface area contributed by atoms with Crippen LogP contribution in [-0.4, -0.2) is 25.7 Å². The zero-order valence-electron chi connectivity index (χ0n) is 9.62. The van der Waals surface area contributed by atoms with Crippen molar-refractivity contribution < 1.29 is 17.5 Å². The maximum atomic E-state index is 13.4. The number of anilines is 2. The Morgan fingerprint density at radius 3 is 2.68 bits per heavy atom. The Kier molecular flexibility index (Phi) is 3.53. The van der Waals surface area contributed by atoms with Gasteiger partial charge in [-0.2, -0.15) is 8.42 Å². The second kappa shape index (κ2) is 4.97. The fraction of sp³-hybridized carbons (Fsp3) is 0.111. The van der Waals surface area contributed by atoms with Gasteiger partial charge in [-0.1, -0.05) is 11.3 Å². The fourth-order valence-electron chi connectivity index (χ4n) is 1.26. The van der Waals surface area contributed by atoms with Crippen molar-refractivity contribution in [2.75, 3.05) is 17.6 Å². The summed E-state index contributed by atoms with van der Waals surface area (Å²) in [6, 6.07) is 3.67. The number of sulfonamides is 1. The highest BCUT2D eigenvalue weighted by atomic mass is 32.2. The van der Waals surface area contributed by atoms with Gasteiger partial charge in [-0.05, 0) is 12.1 Å². The number of hydrogen-bond donors (Lipinski definition) is 2. The number of nitrogens with two attached hydrogens (primary N) is 1. The molecule has 0 bridgehead atoms. The van der Waals surface area contributed by atoms with Crippen LogP contribution in [0.25, 0.3) is 0 Å². The number of ether oxygens (including phenoxy) is 1. The summed E-state index contributed by atoms with van der Waals surface area (Å²) in [6.07, 6.45) is 0. The summed E-state index contributed by atoms with van der Waals surface area (Å²) in [5, 5.41) is 6.85. The highest BCUT2D eigenvalue weighted by Crippen LogP contribution is 2.24. The van der Waals surface area contributed by atoms with Crippen molar-refractivity contribution in [2.45, 2.75) is 4.34 Å². The Hall–Kier alpha value is -1.94. The first-order valence-corrected chi connectivity index (χ1v) is 7.17. The number of methoxy groups -OCH3 is 1. The van der Waals surface area contributed by atoms with Crippen molar-refractivity contribution in [3.8, 4) is 5.75 Å². The van der Waals surface area contributed by atoms with Crippen LogP contribution in [0.15, 0.2) is 22.5 Å². The summed E-state index contributed by atoms with van der Waals surface area (Å²) in [5.74, 6) is -0.664. The molecule has 1 aromatic carbocycles. The molecule has 0 spiro atoms. The maximum Gasteiger partial charge on any atom is 0.291 e. The highest BCUT2D eigenvalue weighted by molar-refractivity contribution is 7.94. The van der Waals surface area contributed by atoms with Crippen LogP contribution in [0.2, 0.25) is 0 Å². The lowest BCUT2D eigenvalue weighted by molar-refractivity contribution is 0.386. The fourth-order valence-corrected chi connectivity index (χ4v) is 3.09.